The SMILES string of the molecule is O=C(NCc1ccccc1)c1ccccc1NC(=O)[C@H]1CN(S(=O)(=O)Cc2ccccc2)c2ccccc2O1. The molecule has 0 fully saturated rings. The highest BCUT2D eigenvalue weighted by molar-refractivity contribution is 7.92. The van der Waals surface area contributed by atoms with E-state index >= 15 is 0 Å². The minimum absolute atomic E-state index is 0.208. The van der Waals surface area contributed by atoms with Gasteiger partial charge in [0, 0.05) is 6.54 Å². The van der Waals surface area contributed by atoms with Gasteiger partial charge in [0.25, 0.3) is 11.8 Å². The number of nitrogens with one attached hydrogen (secondary N) is 2. The molecular formula is C30H27N3O5S. The zero-order chi connectivity index (χ0) is 27.2. The largest absolute Gasteiger partial charge is 0.476 e. The number of nitrogens with zero attached hydrogens (tertiary/aromatic N) is 1. The lowest BCUT2D eigenvalue weighted by Gasteiger charge is -2.34. The normalized spacial score (nSPS) is 14.6. The molecule has 39 heavy (non-hydrogen) atoms. The van der Waals surface area contributed by atoms with Crippen molar-refractivity contribution < 1.29 is 22.7 Å². The number of hydrogen-bond donors (Lipinski definition) is 2. The fourth-order valence-corrected chi connectivity index (χ4v) is 5.92. The molecule has 198 valence electrons. The molecule has 0 spiro atoms. The van der Waals surface area contributed by atoms with Gasteiger partial charge in [-0.15, -0.1) is 0 Å². The first-order chi connectivity index (χ1) is 18.9. The van der Waals surface area contributed by atoms with Crippen LogP contribution in [0.4, 0.5) is 11.4 Å². The zero-order valence-electron chi connectivity index (χ0n) is 21.0. The van der Waals surface area contributed by atoms with Gasteiger partial charge in [-0.05, 0) is 35.4 Å². The molecule has 1 atom stereocenters. The molecule has 0 bridgehead atoms. The molecule has 4 aromatic rings. The number of sulfonamides is 1. The zero-order valence-corrected chi connectivity index (χ0v) is 21.8. The number of carbonyl (C=O) groups is 2. The summed E-state index contributed by atoms with van der Waals surface area (Å²) in [6.45, 7) is 0.124. The Morgan fingerprint density at radius 2 is 1.41 bits per heavy atom. The number of rotatable bonds is 8. The number of benzene rings is 4. The van der Waals surface area contributed by atoms with Gasteiger partial charge in [0.05, 0.1) is 29.2 Å². The van der Waals surface area contributed by atoms with Gasteiger partial charge in [-0.25, -0.2) is 8.42 Å². The van der Waals surface area contributed by atoms with Crippen LogP contribution >= 0.6 is 0 Å². The van der Waals surface area contributed by atoms with E-state index in [9.17, 15) is 18.0 Å². The average Bonchev–Trinajstić information content (AvgIpc) is 2.96. The molecule has 1 aliphatic rings. The van der Waals surface area contributed by atoms with Gasteiger partial charge in [-0.3, -0.25) is 13.9 Å². The van der Waals surface area contributed by atoms with E-state index in [1.54, 1.807) is 72.8 Å². The fourth-order valence-electron chi connectivity index (χ4n) is 4.34. The molecule has 1 heterocycles. The quantitative estimate of drug-likeness (QED) is 0.345. The standard InChI is InChI=1S/C30H27N3O5S/c34-29(31-19-22-11-3-1-4-12-22)24-15-7-8-16-25(24)32-30(35)28-20-33(26-17-9-10-18-27(26)38-28)39(36,37)21-23-13-5-2-6-14-23/h1-18,28H,19-21H2,(H,31,34)(H,32,35)/t28-/m1/s1. The van der Waals surface area contributed by atoms with Crippen LogP contribution in [0.2, 0.25) is 0 Å². The van der Waals surface area contributed by atoms with Crippen molar-refractivity contribution in [3.63, 3.8) is 0 Å². The number of ether oxygens (including phenoxy) is 1. The third-order valence-electron chi connectivity index (χ3n) is 6.28. The maximum absolute atomic E-state index is 13.5. The van der Waals surface area contributed by atoms with Crippen LogP contribution in [0.5, 0.6) is 5.75 Å². The van der Waals surface area contributed by atoms with E-state index in [1.807, 2.05) is 36.4 Å². The lowest BCUT2D eigenvalue weighted by Crippen LogP contribution is -2.49. The summed E-state index contributed by atoms with van der Waals surface area (Å²) in [5.41, 5.74) is 2.54. The first kappa shape index (κ1) is 26.0. The van der Waals surface area contributed by atoms with Crippen molar-refractivity contribution in [2.45, 2.75) is 18.4 Å². The summed E-state index contributed by atoms with van der Waals surface area (Å²) in [5.74, 6) is -0.847. The maximum atomic E-state index is 13.5. The molecule has 0 radical (unpaired) electrons. The van der Waals surface area contributed by atoms with Gasteiger partial charge < -0.3 is 15.4 Å². The number of carbonyl (C=O) groups excluding carboxylic acids is 2. The minimum atomic E-state index is -3.84. The van der Waals surface area contributed by atoms with Crippen LogP contribution in [-0.2, 0) is 27.1 Å². The van der Waals surface area contributed by atoms with Crippen LogP contribution in [0.15, 0.2) is 109 Å². The number of amides is 2. The lowest BCUT2D eigenvalue weighted by molar-refractivity contribution is -0.122. The van der Waals surface area contributed by atoms with Crippen LogP contribution in [0.1, 0.15) is 21.5 Å². The first-order valence-corrected chi connectivity index (χ1v) is 14.0. The number of fused-ring (bicyclic) bond motifs is 1. The van der Waals surface area contributed by atoms with Gasteiger partial charge in [0.15, 0.2) is 6.10 Å². The smallest absolute Gasteiger partial charge is 0.267 e. The molecule has 5 rings (SSSR count). The first-order valence-electron chi connectivity index (χ1n) is 12.4. The molecule has 8 nitrogen and oxygen atoms in total. The van der Waals surface area contributed by atoms with Crippen molar-refractivity contribution in [1.82, 2.24) is 5.32 Å². The molecular weight excluding hydrogens is 514 g/mol. The Morgan fingerprint density at radius 1 is 0.795 bits per heavy atom. The Balaban J connectivity index is 1.34. The van der Waals surface area contributed by atoms with Crippen molar-refractivity contribution in [3.8, 4) is 5.75 Å². The molecule has 0 saturated carbocycles. The van der Waals surface area contributed by atoms with E-state index in [-0.39, 0.29) is 29.5 Å². The summed E-state index contributed by atoms with van der Waals surface area (Å²) in [7, 11) is -3.84. The molecule has 0 saturated heterocycles. The molecule has 1 aliphatic heterocycles. The maximum Gasteiger partial charge on any atom is 0.267 e. The summed E-state index contributed by atoms with van der Waals surface area (Å²) in [4.78, 5) is 26.3. The van der Waals surface area contributed by atoms with Crippen molar-refractivity contribution in [2.24, 2.45) is 0 Å². The molecule has 0 unspecified atom stereocenters. The van der Waals surface area contributed by atoms with Crippen LogP contribution in [-0.4, -0.2) is 32.9 Å². The monoisotopic (exact) mass is 541 g/mol. The Bertz CT molecular complexity index is 1580. The Labute approximate surface area is 227 Å². The van der Waals surface area contributed by atoms with Gasteiger partial charge in [0.2, 0.25) is 10.0 Å². The van der Waals surface area contributed by atoms with E-state index < -0.39 is 22.0 Å². The Hall–Kier alpha value is -4.63. The van der Waals surface area contributed by atoms with Gasteiger partial charge in [-0.2, -0.15) is 0 Å². The van der Waals surface area contributed by atoms with Crippen LogP contribution in [0, 0.1) is 0 Å². The van der Waals surface area contributed by atoms with Crippen LogP contribution < -0.4 is 19.7 Å². The van der Waals surface area contributed by atoms with Gasteiger partial charge >= 0.3 is 0 Å². The third kappa shape index (κ3) is 6.10. The Kier molecular flexibility index (Phi) is 7.60. The summed E-state index contributed by atoms with van der Waals surface area (Å²) in [5, 5.41) is 5.63. The van der Waals surface area contributed by atoms with Gasteiger partial charge in [0.1, 0.15) is 5.75 Å². The minimum Gasteiger partial charge on any atom is -0.476 e. The van der Waals surface area contributed by atoms with Crippen LogP contribution in [0.25, 0.3) is 0 Å². The predicted molar refractivity (Wildman–Crippen MR) is 150 cm³/mol. The van der Waals surface area contributed by atoms with Crippen molar-refractivity contribution in [3.05, 3.63) is 126 Å². The van der Waals surface area contributed by atoms with Crippen LogP contribution in [0.3, 0.4) is 0 Å². The predicted octanol–water partition coefficient (Wildman–Crippen LogP) is 4.35. The summed E-state index contributed by atoms with van der Waals surface area (Å²) in [6, 6.07) is 31.7. The number of hydrogen-bond acceptors (Lipinski definition) is 5. The van der Waals surface area contributed by atoms with E-state index in [1.165, 1.54) is 4.31 Å². The second-order valence-electron chi connectivity index (χ2n) is 9.05. The second-order valence-corrected chi connectivity index (χ2v) is 10.9. The summed E-state index contributed by atoms with van der Waals surface area (Å²) in [6.07, 6.45) is -1.13. The van der Waals surface area contributed by atoms with E-state index in [0.29, 0.717) is 23.5 Å². The molecule has 0 aliphatic carbocycles. The highest BCUT2D eigenvalue weighted by Crippen LogP contribution is 2.36. The lowest BCUT2D eigenvalue weighted by atomic mass is 10.1. The number of para-hydroxylation sites is 3. The van der Waals surface area contributed by atoms with Gasteiger partial charge in [-0.1, -0.05) is 84.9 Å². The Morgan fingerprint density at radius 3 is 2.15 bits per heavy atom. The van der Waals surface area contributed by atoms with Crippen molar-refractivity contribution in [2.75, 3.05) is 16.2 Å². The highest BCUT2D eigenvalue weighted by Gasteiger charge is 2.37. The molecule has 0 aromatic heterocycles. The van der Waals surface area contributed by atoms with Crippen molar-refractivity contribution >= 4 is 33.2 Å². The topological polar surface area (TPSA) is 105 Å². The summed E-state index contributed by atoms with van der Waals surface area (Å²) >= 11 is 0. The fraction of sp³-hybridized carbons (Fsp3) is 0.133. The van der Waals surface area contributed by atoms with E-state index in [0.717, 1.165) is 5.56 Å². The molecule has 2 amide bonds. The second kappa shape index (κ2) is 11.4. The molecule has 9 heteroatoms. The highest BCUT2D eigenvalue weighted by atomic mass is 32.2. The molecule has 2 N–H and O–H groups in total. The molecule has 4 aromatic carbocycles. The van der Waals surface area contributed by atoms with Crippen molar-refractivity contribution in [1.29, 1.82) is 0 Å². The van der Waals surface area contributed by atoms with E-state index in [2.05, 4.69) is 10.6 Å². The van der Waals surface area contributed by atoms with E-state index in [4.69, 9.17) is 4.74 Å². The average molecular weight is 542 g/mol. The summed E-state index contributed by atoms with van der Waals surface area (Å²) < 4.78 is 34.1. The number of anilines is 2. The third-order valence-corrected chi connectivity index (χ3v) is 8.00.